The van der Waals surface area contributed by atoms with Crippen molar-refractivity contribution >= 4 is 17.6 Å². The van der Waals surface area contributed by atoms with Gasteiger partial charge in [-0.05, 0) is 24.5 Å². The van der Waals surface area contributed by atoms with Crippen molar-refractivity contribution in [3.63, 3.8) is 0 Å². The van der Waals surface area contributed by atoms with Gasteiger partial charge in [-0.25, -0.2) is 4.79 Å². The number of methoxy groups -OCH3 is 1. The average Bonchev–Trinajstić information content (AvgIpc) is 2.84. The van der Waals surface area contributed by atoms with Gasteiger partial charge in [0.15, 0.2) is 0 Å². The molecule has 2 N–H and O–H groups in total. The molecule has 1 amide bonds. The largest absolute Gasteiger partial charge is 0.496 e. The summed E-state index contributed by atoms with van der Waals surface area (Å²) in [6, 6.07) is 4.42. The minimum Gasteiger partial charge on any atom is -0.496 e. The Kier molecular flexibility index (Phi) is 4.24. The molecule has 2 unspecified atom stereocenters. The van der Waals surface area contributed by atoms with E-state index in [0.717, 1.165) is 6.42 Å². The Morgan fingerprint density at radius 1 is 1.45 bits per heavy atom. The van der Waals surface area contributed by atoms with Crippen LogP contribution < -0.4 is 10.1 Å². The average molecular weight is 279 g/mol. The SMILES string of the molecule is COc1cc(NC(=O)C2OCCC2C)ccc1C(=O)O. The van der Waals surface area contributed by atoms with Crippen molar-refractivity contribution in [1.82, 2.24) is 0 Å². The number of ether oxygens (including phenoxy) is 2. The molecule has 2 atom stereocenters. The van der Waals surface area contributed by atoms with Crippen LogP contribution in [0.3, 0.4) is 0 Å². The van der Waals surface area contributed by atoms with Gasteiger partial charge < -0.3 is 19.9 Å². The summed E-state index contributed by atoms with van der Waals surface area (Å²) in [4.78, 5) is 23.0. The van der Waals surface area contributed by atoms with Crippen molar-refractivity contribution in [2.24, 2.45) is 5.92 Å². The summed E-state index contributed by atoms with van der Waals surface area (Å²) in [5.74, 6) is -0.918. The minimum atomic E-state index is -1.08. The first-order valence-electron chi connectivity index (χ1n) is 6.36. The van der Waals surface area contributed by atoms with Gasteiger partial charge in [-0.15, -0.1) is 0 Å². The molecule has 1 heterocycles. The first-order chi connectivity index (χ1) is 9.52. The number of rotatable bonds is 4. The topological polar surface area (TPSA) is 84.9 Å². The van der Waals surface area contributed by atoms with Crippen LogP contribution in [0, 0.1) is 5.92 Å². The molecule has 1 saturated heterocycles. The number of amides is 1. The Labute approximate surface area is 116 Å². The van der Waals surface area contributed by atoms with Crippen molar-refractivity contribution in [3.05, 3.63) is 23.8 Å². The molecule has 0 radical (unpaired) electrons. The van der Waals surface area contributed by atoms with Crippen LogP contribution in [0.2, 0.25) is 0 Å². The summed E-state index contributed by atoms with van der Waals surface area (Å²) in [5.41, 5.74) is 0.538. The second-order valence-electron chi connectivity index (χ2n) is 4.77. The van der Waals surface area contributed by atoms with Gasteiger partial charge in [0.05, 0.1) is 7.11 Å². The number of carboxylic acid groups (broad SMARTS) is 1. The lowest BCUT2D eigenvalue weighted by Crippen LogP contribution is -2.31. The second kappa shape index (κ2) is 5.92. The molecule has 0 bridgehead atoms. The molecule has 0 aliphatic carbocycles. The van der Waals surface area contributed by atoms with Crippen LogP contribution in [-0.2, 0) is 9.53 Å². The van der Waals surface area contributed by atoms with E-state index in [1.54, 1.807) is 0 Å². The molecular weight excluding hydrogens is 262 g/mol. The summed E-state index contributed by atoms with van der Waals surface area (Å²) < 4.78 is 10.4. The van der Waals surface area contributed by atoms with E-state index in [-0.39, 0.29) is 23.1 Å². The van der Waals surface area contributed by atoms with E-state index in [2.05, 4.69) is 5.32 Å². The summed E-state index contributed by atoms with van der Waals surface area (Å²) >= 11 is 0. The maximum atomic E-state index is 12.1. The highest BCUT2D eigenvalue weighted by Crippen LogP contribution is 2.25. The predicted octanol–water partition coefficient (Wildman–Crippen LogP) is 1.76. The molecule has 0 saturated carbocycles. The lowest BCUT2D eigenvalue weighted by Gasteiger charge is -2.15. The zero-order chi connectivity index (χ0) is 14.7. The van der Waals surface area contributed by atoms with E-state index in [1.165, 1.54) is 25.3 Å². The molecule has 2 rings (SSSR count). The molecule has 1 aliphatic heterocycles. The van der Waals surface area contributed by atoms with Gasteiger partial charge in [-0.2, -0.15) is 0 Å². The summed E-state index contributed by atoms with van der Waals surface area (Å²) in [5, 5.41) is 11.7. The number of carbonyl (C=O) groups is 2. The molecule has 0 spiro atoms. The molecule has 1 aliphatic rings. The van der Waals surface area contributed by atoms with E-state index >= 15 is 0 Å². The molecule has 20 heavy (non-hydrogen) atoms. The third-order valence-electron chi connectivity index (χ3n) is 3.35. The van der Waals surface area contributed by atoms with Gasteiger partial charge in [0.25, 0.3) is 5.91 Å². The molecule has 6 heteroatoms. The lowest BCUT2D eigenvalue weighted by molar-refractivity contribution is -0.126. The fourth-order valence-electron chi connectivity index (χ4n) is 2.19. The summed E-state index contributed by atoms with van der Waals surface area (Å²) in [7, 11) is 1.38. The van der Waals surface area contributed by atoms with Crippen LogP contribution in [-0.4, -0.2) is 36.8 Å². The number of carboxylic acids is 1. The van der Waals surface area contributed by atoms with E-state index < -0.39 is 12.1 Å². The fourth-order valence-corrected chi connectivity index (χ4v) is 2.19. The highest BCUT2D eigenvalue weighted by Gasteiger charge is 2.31. The summed E-state index contributed by atoms with van der Waals surface area (Å²) in [6.07, 6.45) is 0.402. The fraction of sp³-hybridized carbons (Fsp3) is 0.429. The van der Waals surface area contributed by atoms with Crippen LogP contribution in [0.4, 0.5) is 5.69 Å². The van der Waals surface area contributed by atoms with Crippen LogP contribution in [0.25, 0.3) is 0 Å². The first kappa shape index (κ1) is 14.3. The van der Waals surface area contributed by atoms with E-state index in [0.29, 0.717) is 12.3 Å². The third-order valence-corrected chi connectivity index (χ3v) is 3.35. The smallest absolute Gasteiger partial charge is 0.339 e. The van der Waals surface area contributed by atoms with Gasteiger partial charge in [0.1, 0.15) is 17.4 Å². The molecule has 6 nitrogen and oxygen atoms in total. The monoisotopic (exact) mass is 279 g/mol. The molecule has 0 aromatic heterocycles. The zero-order valence-corrected chi connectivity index (χ0v) is 11.4. The van der Waals surface area contributed by atoms with Crippen LogP contribution in [0.1, 0.15) is 23.7 Å². The van der Waals surface area contributed by atoms with Crippen LogP contribution >= 0.6 is 0 Å². The van der Waals surface area contributed by atoms with E-state index in [4.69, 9.17) is 14.6 Å². The van der Waals surface area contributed by atoms with Crippen LogP contribution in [0.5, 0.6) is 5.75 Å². The molecule has 1 fully saturated rings. The highest BCUT2D eigenvalue weighted by atomic mass is 16.5. The highest BCUT2D eigenvalue weighted by molar-refractivity contribution is 5.96. The van der Waals surface area contributed by atoms with Crippen molar-refractivity contribution in [2.45, 2.75) is 19.4 Å². The molecule has 1 aromatic rings. The van der Waals surface area contributed by atoms with Crippen LogP contribution in [0.15, 0.2) is 18.2 Å². The van der Waals surface area contributed by atoms with E-state index in [1.807, 2.05) is 6.92 Å². The molecule has 1 aromatic carbocycles. The maximum absolute atomic E-state index is 12.1. The number of hydrogen-bond acceptors (Lipinski definition) is 4. The van der Waals surface area contributed by atoms with Gasteiger partial charge in [-0.1, -0.05) is 6.92 Å². The number of aromatic carboxylic acids is 1. The number of benzene rings is 1. The number of nitrogens with one attached hydrogen (secondary N) is 1. The number of anilines is 1. The second-order valence-corrected chi connectivity index (χ2v) is 4.77. The Hall–Kier alpha value is -2.08. The standard InChI is InChI=1S/C14H17NO5/c1-8-5-6-20-12(8)13(16)15-9-3-4-10(14(17)18)11(7-9)19-2/h3-4,7-8,12H,5-6H2,1-2H3,(H,15,16)(H,17,18). The number of carbonyl (C=O) groups excluding carboxylic acids is 1. The van der Waals surface area contributed by atoms with Gasteiger partial charge in [0, 0.05) is 18.4 Å². The zero-order valence-electron chi connectivity index (χ0n) is 11.4. The van der Waals surface area contributed by atoms with Crippen molar-refractivity contribution in [2.75, 3.05) is 19.0 Å². The summed E-state index contributed by atoms with van der Waals surface area (Å²) in [6.45, 7) is 2.55. The molecular formula is C14H17NO5. The van der Waals surface area contributed by atoms with E-state index in [9.17, 15) is 9.59 Å². The predicted molar refractivity (Wildman–Crippen MR) is 72.1 cm³/mol. The molecule has 108 valence electrons. The van der Waals surface area contributed by atoms with Gasteiger partial charge in [-0.3, -0.25) is 4.79 Å². The van der Waals surface area contributed by atoms with Gasteiger partial charge >= 0.3 is 5.97 Å². The lowest BCUT2D eigenvalue weighted by atomic mass is 10.0. The Morgan fingerprint density at radius 3 is 2.75 bits per heavy atom. The minimum absolute atomic E-state index is 0.0518. The van der Waals surface area contributed by atoms with Crippen molar-refractivity contribution in [1.29, 1.82) is 0 Å². The normalized spacial score (nSPS) is 21.5. The Bertz CT molecular complexity index is 528. The van der Waals surface area contributed by atoms with Crippen molar-refractivity contribution < 1.29 is 24.2 Å². The quantitative estimate of drug-likeness (QED) is 0.877. The third kappa shape index (κ3) is 2.91. The first-order valence-corrected chi connectivity index (χ1v) is 6.36. The maximum Gasteiger partial charge on any atom is 0.339 e. The number of hydrogen-bond donors (Lipinski definition) is 2. The Balaban J connectivity index is 2.13. The Morgan fingerprint density at radius 2 is 2.20 bits per heavy atom. The van der Waals surface area contributed by atoms with Gasteiger partial charge in [0.2, 0.25) is 0 Å². The van der Waals surface area contributed by atoms with Crippen molar-refractivity contribution in [3.8, 4) is 5.75 Å².